The first kappa shape index (κ1) is 13.9. The van der Waals surface area contributed by atoms with Crippen LogP contribution in [-0.2, 0) is 6.42 Å². The van der Waals surface area contributed by atoms with E-state index in [9.17, 15) is 0 Å². The molecule has 0 spiro atoms. The van der Waals surface area contributed by atoms with Crippen molar-refractivity contribution in [3.8, 4) is 5.75 Å². The molecule has 2 fully saturated rings. The van der Waals surface area contributed by atoms with Gasteiger partial charge in [-0.25, -0.2) is 0 Å². The number of rotatable bonds is 3. The summed E-state index contributed by atoms with van der Waals surface area (Å²) < 4.78 is 5.49. The van der Waals surface area contributed by atoms with Crippen molar-refractivity contribution in [3.63, 3.8) is 0 Å². The molecule has 2 aliphatic rings. The second-order valence-electron chi connectivity index (χ2n) is 5.74. The summed E-state index contributed by atoms with van der Waals surface area (Å²) in [4.78, 5) is 2.65. The second kappa shape index (κ2) is 6.57. The van der Waals surface area contributed by atoms with Crippen LogP contribution in [0.15, 0.2) is 24.3 Å². The van der Waals surface area contributed by atoms with Crippen LogP contribution < -0.4 is 15.4 Å². The van der Waals surface area contributed by atoms with Crippen molar-refractivity contribution < 1.29 is 4.74 Å². The number of piperazine rings is 1. The van der Waals surface area contributed by atoms with Gasteiger partial charge in [0, 0.05) is 31.7 Å². The number of para-hydroxylation sites is 1. The van der Waals surface area contributed by atoms with Crippen molar-refractivity contribution in [2.45, 2.75) is 24.9 Å². The van der Waals surface area contributed by atoms with Gasteiger partial charge in [0.25, 0.3) is 0 Å². The summed E-state index contributed by atoms with van der Waals surface area (Å²) in [6, 6.07) is 9.48. The Hall–Kier alpha value is -1.10. The molecule has 2 atom stereocenters. The summed E-state index contributed by atoms with van der Waals surface area (Å²) in [6.45, 7) is 5.73. The molecule has 1 aromatic rings. The third-order valence-corrected chi connectivity index (χ3v) is 4.52. The van der Waals surface area contributed by atoms with Gasteiger partial charge in [-0.1, -0.05) is 18.2 Å². The molecule has 4 heteroatoms. The molecule has 2 unspecified atom stereocenters. The van der Waals surface area contributed by atoms with Gasteiger partial charge < -0.3 is 15.4 Å². The van der Waals surface area contributed by atoms with Crippen molar-refractivity contribution in [1.29, 1.82) is 0 Å². The van der Waals surface area contributed by atoms with Crippen LogP contribution >= 0.6 is 0 Å². The lowest BCUT2D eigenvalue weighted by Gasteiger charge is -2.41. The van der Waals surface area contributed by atoms with Crippen LogP contribution in [-0.4, -0.2) is 56.8 Å². The third kappa shape index (κ3) is 2.97. The van der Waals surface area contributed by atoms with E-state index < -0.39 is 0 Å². The average molecular weight is 275 g/mol. The molecule has 2 saturated heterocycles. The smallest absolute Gasteiger partial charge is 0.122 e. The largest absolute Gasteiger partial charge is 0.496 e. The van der Waals surface area contributed by atoms with Gasteiger partial charge in [0.05, 0.1) is 7.11 Å². The zero-order valence-corrected chi connectivity index (χ0v) is 12.3. The minimum Gasteiger partial charge on any atom is -0.496 e. The molecule has 0 aliphatic carbocycles. The van der Waals surface area contributed by atoms with Gasteiger partial charge >= 0.3 is 0 Å². The predicted octanol–water partition coefficient (Wildman–Crippen LogP) is 0.873. The first-order valence-corrected chi connectivity index (χ1v) is 7.68. The summed E-state index contributed by atoms with van der Waals surface area (Å²) in [6.07, 6.45) is 2.30. The van der Waals surface area contributed by atoms with Gasteiger partial charge in [-0.15, -0.1) is 0 Å². The number of fused-ring (bicyclic) bond motifs is 1. The minimum atomic E-state index is 0.505. The zero-order chi connectivity index (χ0) is 13.8. The van der Waals surface area contributed by atoms with E-state index in [2.05, 4.69) is 33.7 Å². The Morgan fingerprint density at radius 3 is 3.05 bits per heavy atom. The normalized spacial score (nSPS) is 27.6. The molecule has 110 valence electrons. The maximum Gasteiger partial charge on any atom is 0.122 e. The number of nitrogens with one attached hydrogen (secondary N) is 2. The van der Waals surface area contributed by atoms with Crippen molar-refractivity contribution in [3.05, 3.63) is 29.8 Å². The number of methoxy groups -OCH3 is 1. The van der Waals surface area contributed by atoms with Gasteiger partial charge in [-0.05, 0) is 37.6 Å². The van der Waals surface area contributed by atoms with Gasteiger partial charge in [0.1, 0.15) is 5.75 Å². The minimum absolute atomic E-state index is 0.505. The van der Waals surface area contributed by atoms with Crippen molar-refractivity contribution in [1.82, 2.24) is 15.5 Å². The molecule has 20 heavy (non-hydrogen) atoms. The topological polar surface area (TPSA) is 36.5 Å². The number of ether oxygens (including phenoxy) is 1. The molecule has 0 aromatic heterocycles. The van der Waals surface area contributed by atoms with E-state index in [0.29, 0.717) is 12.1 Å². The summed E-state index contributed by atoms with van der Waals surface area (Å²) in [7, 11) is 1.76. The molecule has 0 radical (unpaired) electrons. The molecule has 3 rings (SSSR count). The third-order valence-electron chi connectivity index (χ3n) is 4.52. The Kier molecular flexibility index (Phi) is 4.55. The Morgan fingerprint density at radius 1 is 1.25 bits per heavy atom. The molecular weight excluding hydrogens is 250 g/mol. The van der Waals surface area contributed by atoms with Crippen LogP contribution in [0.2, 0.25) is 0 Å². The van der Waals surface area contributed by atoms with Crippen LogP contribution in [0.5, 0.6) is 5.75 Å². The van der Waals surface area contributed by atoms with Crippen molar-refractivity contribution >= 4 is 0 Å². The quantitative estimate of drug-likeness (QED) is 0.858. The SMILES string of the molecule is COc1ccccc1CC1NCCN2CCCNCC12. The summed E-state index contributed by atoms with van der Waals surface area (Å²) in [5.74, 6) is 1.01. The molecule has 2 aliphatic heterocycles. The summed E-state index contributed by atoms with van der Waals surface area (Å²) >= 11 is 0. The highest BCUT2D eigenvalue weighted by molar-refractivity contribution is 5.34. The fourth-order valence-electron chi connectivity index (χ4n) is 3.47. The molecular formula is C16H25N3O. The highest BCUT2D eigenvalue weighted by atomic mass is 16.5. The molecule has 0 amide bonds. The lowest BCUT2D eigenvalue weighted by molar-refractivity contribution is 0.129. The molecule has 0 bridgehead atoms. The van der Waals surface area contributed by atoms with Crippen LogP contribution in [0, 0.1) is 0 Å². The van der Waals surface area contributed by atoms with Crippen molar-refractivity contribution in [2.75, 3.05) is 39.8 Å². The van der Waals surface area contributed by atoms with Gasteiger partial charge in [-0.3, -0.25) is 4.90 Å². The lowest BCUT2D eigenvalue weighted by Crippen LogP contribution is -2.60. The second-order valence-corrected chi connectivity index (χ2v) is 5.74. The van der Waals surface area contributed by atoms with E-state index in [0.717, 1.165) is 31.8 Å². The van der Waals surface area contributed by atoms with E-state index >= 15 is 0 Å². The molecule has 0 saturated carbocycles. The van der Waals surface area contributed by atoms with Gasteiger partial charge in [-0.2, -0.15) is 0 Å². The van der Waals surface area contributed by atoms with Crippen LogP contribution in [0.1, 0.15) is 12.0 Å². The van der Waals surface area contributed by atoms with Gasteiger partial charge in [0.2, 0.25) is 0 Å². The Morgan fingerprint density at radius 2 is 2.15 bits per heavy atom. The molecule has 4 nitrogen and oxygen atoms in total. The Labute approximate surface area is 121 Å². The highest BCUT2D eigenvalue weighted by Crippen LogP contribution is 2.22. The Bertz CT molecular complexity index is 437. The number of nitrogens with zero attached hydrogens (tertiary/aromatic N) is 1. The molecule has 1 aromatic carbocycles. The fraction of sp³-hybridized carbons (Fsp3) is 0.625. The van der Waals surface area contributed by atoms with E-state index in [1.165, 1.54) is 25.1 Å². The summed E-state index contributed by atoms with van der Waals surface area (Å²) in [5.41, 5.74) is 1.30. The summed E-state index contributed by atoms with van der Waals surface area (Å²) in [5, 5.41) is 7.29. The Balaban J connectivity index is 1.74. The fourth-order valence-corrected chi connectivity index (χ4v) is 3.47. The maximum atomic E-state index is 5.49. The maximum absolute atomic E-state index is 5.49. The van der Waals surface area contributed by atoms with Crippen LogP contribution in [0.25, 0.3) is 0 Å². The van der Waals surface area contributed by atoms with Crippen molar-refractivity contribution in [2.24, 2.45) is 0 Å². The first-order chi connectivity index (χ1) is 9.88. The number of hydrogen-bond acceptors (Lipinski definition) is 4. The van der Waals surface area contributed by atoms with E-state index in [1.54, 1.807) is 7.11 Å². The number of benzene rings is 1. The average Bonchev–Trinajstić information content (AvgIpc) is 2.74. The molecule has 2 heterocycles. The monoisotopic (exact) mass is 275 g/mol. The van der Waals surface area contributed by atoms with E-state index in [-0.39, 0.29) is 0 Å². The van der Waals surface area contributed by atoms with Crippen LogP contribution in [0.3, 0.4) is 0 Å². The van der Waals surface area contributed by atoms with E-state index in [4.69, 9.17) is 4.74 Å². The highest BCUT2D eigenvalue weighted by Gasteiger charge is 2.32. The molecule has 2 N–H and O–H groups in total. The standard InChI is InChI=1S/C16H25N3O/c1-20-16-6-3-2-5-13(16)11-14-15-12-17-7-4-9-19(15)10-8-18-14/h2-3,5-6,14-15,17-18H,4,7-12H2,1H3. The van der Waals surface area contributed by atoms with Crippen LogP contribution in [0.4, 0.5) is 0 Å². The lowest BCUT2D eigenvalue weighted by atomic mass is 9.95. The van der Waals surface area contributed by atoms with Gasteiger partial charge in [0.15, 0.2) is 0 Å². The zero-order valence-electron chi connectivity index (χ0n) is 12.3. The number of hydrogen-bond donors (Lipinski definition) is 2. The first-order valence-electron chi connectivity index (χ1n) is 7.68. The van der Waals surface area contributed by atoms with E-state index in [1.807, 2.05) is 6.07 Å². The predicted molar refractivity (Wildman–Crippen MR) is 81.3 cm³/mol.